The van der Waals surface area contributed by atoms with Crippen LogP contribution in [0, 0.1) is 0 Å². The predicted octanol–water partition coefficient (Wildman–Crippen LogP) is 1.26. The fraction of sp³-hybridized carbons (Fsp3) is 0.750. The summed E-state index contributed by atoms with van der Waals surface area (Å²) in [6.45, 7) is 8.43. The number of ether oxygens (including phenoxy) is 1. The first kappa shape index (κ1) is 16.1. The van der Waals surface area contributed by atoms with Gasteiger partial charge in [-0.25, -0.2) is 9.59 Å². The van der Waals surface area contributed by atoms with Crippen LogP contribution in [0.5, 0.6) is 0 Å². The SMILES string of the molecule is CC(C)NNC(C)C.O=C(O)OC(=O)O. The van der Waals surface area contributed by atoms with Crippen LogP contribution in [0.25, 0.3) is 0 Å². The summed E-state index contributed by atoms with van der Waals surface area (Å²) in [6.07, 6.45) is -3.62. The highest BCUT2D eigenvalue weighted by Gasteiger charge is 2.01. The summed E-state index contributed by atoms with van der Waals surface area (Å²) in [5.74, 6) is 0. The Morgan fingerprint density at radius 1 is 0.933 bits per heavy atom. The van der Waals surface area contributed by atoms with E-state index in [1.54, 1.807) is 0 Å². The Labute approximate surface area is 88.4 Å². The normalized spacial score (nSPS) is 9.47. The molecule has 0 aromatic heterocycles. The lowest BCUT2D eigenvalue weighted by Crippen LogP contribution is -2.41. The van der Waals surface area contributed by atoms with Crippen molar-refractivity contribution in [3.8, 4) is 0 Å². The minimum atomic E-state index is -1.81. The fourth-order valence-corrected chi connectivity index (χ4v) is 0.408. The topological polar surface area (TPSA) is 108 Å². The van der Waals surface area contributed by atoms with Crippen molar-refractivity contribution in [1.82, 2.24) is 10.9 Å². The molecule has 0 saturated heterocycles. The molecule has 0 fully saturated rings. The Balaban J connectivity index is 0. The number of carbonyl (C=O) groups is 2. The van der Waals surface area contributed by atoms with E-state index in [9.17, 15) is 9.59 Å². The van der Waals surface area contributed by atoms with E-state index in [1.165, 1.54) is 0 Å². The number of carboxylic acid groups (broad SMARTS) is 2. The second-order valence-corrected chi connectivity index (χ2v) is 3.23. The number of rotatable bonds is 3. The second kappa shape index (κ2) is 9.22. The van der Waals surface area contributed by atoms with E-state index in [1.807, 2.05) is 0 Å². The maximum absolute atomic E-state index is 9.21. The molecule has 7 nitrogen and oxygen atoms in total. The number of hydrogen-bond donors (Lipinski definition) is 4. The van der Waals surface area contributed by atoms with Crippen molar-refractivity contribution in [2.45, 2.75) is 39.8 Å². The average Bonchev–Trinajstić information content (AvgIpc) is 1.99. The van der Waals surface area contributed by atoms with Gasteiger partial charge in [0.2, 0.25) is 0 Å². The van der Waals surface area contributed by atoms with Crippen LogP contribution in [0.2, 0.25) is 0 Å². The Bertz CT molecular complexity index is 173. The summed E-state index contributed by atoms with van der Waals surface area (Å²) in [5.41, 5.74) is 6.19. The highest BCUT2D eigenvalue weighted by Crippen LogP contribution is 1.75. The van der Waals surface area contributed by atoms with E-state index in [2.05, 4.69) is 43.3 Å². The summed E-state index contributed by atoms with van der Waals surface area (Å²) in [6, 6.07) is 1.05. The number of nitrogens with one attached hydrogen (secondary N) is 2. The summed E-state index contributed by atoms with van der Waals surface area (Å²) in [5, 5.41) is 15.0. The predicted molar refractivity (Wildman–Crippen MR) is 53.7 cm³/mol. The molecular formula is C8H18N2O5. The molecule has 0 aromatic carbocycles. The molecule has 15 heavy (non-hydrogen) atoms. The molecule has 0 aromatic rings. The molecule has 0 amide bonds. The Hall–Kier alpha value is -1.34. The maximum Gasteiger partial charge on any atom is 0.516 e. The monoisotopic (exact) mass is 222 g/mol. The summed E-state index contributed by atoms with van der Waals surface area (Å²) in [7, 11) is 0. The van der Waals surface area contributed by atoms with Gasteiger partial charge < -0.3 is 14.9 Å². The fourth-order valence-electron chi connectivity index (χ4n) is 0.408. The van der Waals surface area contributed by atoms with E-state index in [0.29, 0.717) is 12.1 Å². The van der Waals surface area contributed by atoms with Crippen LogP contribution in [0.15, 0.2) is 0 Å². The van der Waals surface area contributed by atoms with Crippen molar-refractivity contribution in [2.75, 3.05) is 0 Å². The third-order valence-electron chi connectivity index (χ3n) is 0.835. The highest BCUT2D eigenvalue weighted by atomic mass is 16.7. The van der Waals surface area contributed by atoms with Gasteiger partial charge in [-0.2, -0.15) is 0 Å². The standard InChI is InChI=1S/C6H16N2.C2H2O5/c1-5(2)7-8-6(3)4;3-1(4)7-2(5)6/h5-8H,1-4H3;(H,3,4)(H,5,6). The third kappa shape index (κ3) is 24.5. The summed E-state index contributed by atoms with van der Waals surface area (Å²) >= 11 is 0. The van der Waals surface area contributed by atoms with Gasteiger partial charge in [-0.1, -0.05) is 0 Å². The molecule has 0 rings (SSSR count). The van der Waals surface area contributed by atoms with Gasteiger partial charge in [-0.3, -0.25) is 10.9 Å². The molecule has 0 saturated carbocycles. The highest BCUT2D eigenvalue weighted by molar-refractivity contribution is 5.74. The molecule has 7 heteroatoms. The van der Waals surface area contributed by atoms with Crippen LogP contribution in [-0.4, -0.2) is 34.6 Å². The van der Waals surface area contributed by atoms with E-state index < -0.39 is 12.3 Å². The van der Waals surface area contributed by atoms with Crippen molar-refractivity contribution < 1.29 is 24.5 Å². The van der Waals surface area contributed by atoms with E-state index in [-0.39, 0.29) is 0 Å². The Kier molecular flexibility index (Phi) is 9.90. The van der Waals surface area contributed by atoms with Gasteiger partial charge in [0.1, 0.15) is 0 Å². The summed E-state index contributed by atoms with van der Waals surface area (Å²) < 4.78 is 3.08. The third-order valence-corrected chi connectivity index (χ3v) is 0.835. The molecule has 0 aliphatic rings. The Morgan fingerprint density at radius 3 is 1.27 bits per heavy atom. The van der Waals surface area contributed by atoms with Crippen LogP contribution in [0.4, 0.5) is 9.59 Å². The first-order chi connectivity index (χ1) is 6.75. The first-order valence-electron chi connectivity index (χ1n) is 4.40. The molecule has 90 valence electrons. The lowest BCUT2D eigenvalue weighted by Gasteiger charge is -2.11. The summed E-state index contributed by atoms with van der Waals surface area (Å²) in [4.78, 5) is 18.4. The van der Waals surface area contributed by atoms with Gasteiger partial charge in [0.25, 0.3) is 0 Å². The number of hydrogen-bond acceptors (Lipinski definition) is 5. The minimum absolute atomic E-state index is 0.525. The van der Waals surface area contributed by atoms with Crippen molar-refractivity contribution >= 4 is 12.3 Å². The van der Waals surface area contributed by atoms with Crippen LogP contribution in [0.1, 0.15) is 27.7 Å². The molecule has 0 radical (unpaired) electrons. The van der Waals surface area contributed by atoms with Crippen LogP contribution in [0.3, 0.4) is 0 Å². The van der Waals surface area contributed by atoms with Gasteiger partial charge in [-0.05, 0) is 27.7 Å². The van der Waals surface area contributed by atoms with Crippen molar-refractivity contribution in [3.05, 3.63) is 0 Å². The van der Waals surface area contributed by atoms with E-state index in [0.717, 1.165) is 0 Å². The van der Waals surface area contributed by atoms with Gasteiger partial charge in [0, 0.05) is 12.1 Å². The van der Waals surface area contributed by atoms with E-state index in [4.69, 9.17) is 10.2 Å². The molecule has 4 N–H and O–H groups in total. The van der Waals surface area contributed by atoms with Crippen molar-refractivity contribution in [2.24, 2.45) is 0 Å². The van der Waals surface area contributed by atoms with Crippen LogP contribution in [-0.2, 0) is 4.74 Å². The second-order valence-electron chi connectivity index (χ2n) is 3.23. The first-order valence-corrected chi connectivity index (χ1v) is 4.40. The Morgan fingerprint density at radius 2 is 1.20 bits per heavy atom. The van der Waals surface area contributed by atoms with Gasteiger partial charge in [0.05, 0.1) is 0 Å². The average molecular weight is 222 g/mol. The minimum Gasteiger partial charge on any atom is -0.449 e. The molecular weight excluding hydrogens is 204 g/mol. The maximum atomic E-state index is 9.21. The molecule has 0 bridgehead atoms. The zero-order valence-corrected chi connectivity index (χ0v) is 9.27. The zero-order valence-electron chi connectivity index (χ0n) is 9.27. The smallest absolute Gasteiger partial charge is 0.449 e. The lowest BCUT2D eigenvalue weighted by atomic mass is 10.4. The molecule has 0 atom stereocenters. The van der Waals surface area contributed by atoms with Gasteiger partial charge in [0.15, 0.2) is 0 Å². The van der Waals surface area contributed by atoms with Gasteiger partial charge in [-0.15, -0.1) is 0 Å². The molecule has 0 unspecified atom stereocenters. The van der Waals surface area contributed by atoms with Gasteiger partial charge >= 0.3 is 12.3 Å². The zero-order chi connectivity index (χ0) is 12.4. The van der Waals surface area contributed by atoms with Crippen molar-refractivity contribution in [1.29, 1.82) is 0 Å². The number of hydrazine groups is 1. The van der Waals surface area contributed by atoms with E-state index >= 15 is 0 Å². The molecule has 0 spiro atoms. The lowest BCUT2D eigenvalue weighted by molar-refractivity contribution is 0.0802. The molecule has 0 aliphatic carbocycles. The molecule has 0 heterocycles. The van der Waals surface area contributed by atoms with Crippen LogP contribution < -0.4 is 10.9 Å². The molecule has 0 aliphatic heterocycles. The quantitative estimate of drug-likeness (QED) is 0.323. The largest absolute Gasteiger partial charge is 0.516 e. The van der Waals surface area contributed by atoms with Crippen molar-refractivity contribution in [3.63, 3.8) is 0 Å². The van der Waals surface area contributed by atoms with Crippen LogP contribution >= 0.6 is 0 Å².